The quantitative estimate of drug-likeness (QED) is 0.406. The van der Waals surface area contributed by atoms with Gasteiger partial charge in [0.25, 0.3) is 5.92 Å². The van der Waals surface area contributed by atoms with Crippen molar-refractivity contribution >= 4 is 11.4 Å². The van der Waals surface area contributed by atoms with Crippen molar-refractivity contribution in [3.05, 3.63) is 41.1 Å². The van der Waals surface area contributed by atoms with E-state index in [4.69, 9.17) is 11.5 Å². The van der Waals surface area contributed by atoms with Crippen LogP contribution in [0, 0.1) is 13.8 Å². The Morgan fingerprint density at radius 3 is 2.36 bits per heavy atom. The normalized spacial score (nSPS) is 14.5. The monoisotopic (exact) mass is 353 g/mol. The van der Waals surface area contributed by atoms with E-state index in [9.17, 15) is 8.78 Å². The first kappa shape index (κ1) is 21.1. The molecular formula is C18H29F2N5. The molecule has 0 aliphatic carbocycles. The summed E-state index contributed by atoms with van der Waals surface area (Å²) in [5.74, 6) is -2.87. The summed E-state index contributed by atoms with van der Waals surface area (Å²) in [6.45, 7) is 7.00. The van der Waals surface area contributed by atoms with Gasteiger partial charge in [0.2, 0.25) is 0 Å². The number of hydrogen-bond donors (Lipinski definition) is 4. The van der Waals surface area contributed by atoms with Crippen molar-refractivity contribution in [2.24, 2.45) is 16.6 Å². The van der Waals surface area contributed by atoms with Gasteiger partial charge in [-0.05, 0) is 68.8 Å². The molecule has 1 aromatic carbocycles. The Morgan fingerprint density at radius 2 is 1.88 bits per heavy atom. The van der Waals surface area contributed by atoms with E-state index in [0.29, 0.717) is 11.3 Å². The predicted molar refractivity (Wildman–Crippen MR) is 101 cm³/mol. The van der Waals surface area contributed by atoms with Crippen molar-refractivity contribution in [1.82, 2.24) is 5.32 Å². The third kappa shape index (κ3) is 7.19. The van der Waals surface area contributed by atoms with Crippen molar-refractivity contribution in [2.75, 3.05) is 18.5 Å². The maximum Gasteiger partial charge on any atom is 0.260 e. The number of halogens is 2. The topological polar surface area (TPSA) is 88.5 Å². The second-order valence-corrected chi connectivity index (χ2v) is 6.36. The first-order valence-corrected chi connectivity index (χ1v) is 8.28. The highest BCUT2D eigenvalue weighted by Crippen LogP contribution is 2.19. The molecule has 7 heteroatoms. The van der Waals surface area contributed by atoms with Crippen LogP contribution in [0.2, 0.25) is 0 Å². The van der Waals surface area contributed by atoms with Crippen molar-refractivity contribution in [3.63, 3.8) is 0 Å². The maximum atomic E-state index is 13.6. The fourth-order valence-corrected chi connectivity index (χ4v) is 2.46. The Kier molecular flexibility index (Phi) is 7.99. The van der Waals surface area contributed by atoms with E-state index in [1.54, 1.807) is 6.92 Å². The number of anilines is 1. The molecule has 0 aliphatic rings. The number of nitrogens with one attached hydrogen (secondary N) is 2. The van der Waals surface area contributed by atoms with Gasteiger partial charge in [0.1, 0.15) is 0 Å². The lowest BCUT2D eigenvalue weighted by molar-refractivity contribution is -0.0186. The number of rotatable bonds is 9. The molecule has 0 saturated heterocycles. The van der Waals surface area contributed by atoms with E-state index in [2.05, 4.69) is 21.9 Å². The van der Waals surface area contributed by atoms with Crippen molar-refractivity contribution in [3.8, 4) is 0 Å². The van der Waals surface area contributed by atoms with Gasteiger partial charge < -0.3 is 16.8 Å². The summed E-state index contributed by atoms with van der Waals surface area (Å²) < 4.78 is 27.3. The fraction of sp³-hybridized carbons (Fsp3) is 0.500. The predicted octanol–water partition coefficient (Wildman–Crippen LogP) is 2.90. The molecule has 1 aromatic rings. The number of aryl methyl sites for hydroxylation is 2. The fourth-order valence-electron chi connectivity index (χ4n) is 2.46. The third-order valence-corrected chi connectivity index (χ3v) is 3.83. The molecule has 0 fully saturated rings. The summed E-state index contributed by atoms with van der Waals surface area (Å²) in [4.78, 5) is 0. The number of benzene rings is 1. The molecule has 1 unspecified atom stereocenters. The van der Waals surface area contributed by atoms with Crippen LogP contribution in [0.1, 0.15) is 31.4 Å². The van der Waals surface area contributed by atoms with Crippen LogP contribution in [0.25, 0.3) is 0 Å². The largest absolute Gasteiger partial charge is 0.404 e. The Morgan fingerprint density at radius 1 is 1.28 bits per heavy atom. The number of hydrazone groups is 1. The van der Waals surface area contributed by atoms with Crippen molar-refractivity contribution in [2.45, 2.75) is 46.1 Å². The van der Waals surface area contributed by atoms with Crippen molar-refractivity contribution in [1.29, 1.82) is 0 Å². The summed E-state index contributed by atoms with van der Waals surface area (Å²) in [5.41, 5.74) is 18.3. The molecule has 140 valence electrons. The molecule has 0 spiro atoms. The standard InChI is InChI=1S/C18H29F2N5/c1-12-7-13(2)9-15(8-12)24-25-16(14(3)10-22)11-23-17(5-6-21)18(4,19)20/h7-10,17,23-24H,5-6,11,21-22H2,1-4H3/b14-10-,25-16+. The molecule has 0 amide bonds. The van der Waals surface area contributed by atoms with Crippen LogP contribution in [0.5, 0.6) is 0 Å². The summed E-state index contributed by atoms with van der Waals surface area (Å²) in [6.07, 6.45) is 1.58. The van der Waals surface area contributed by atoms with Gasteiger partial charge in [-0.25, -0.2) is 8.78 Å². The average Bonchev–Trinajstić information content (AvgIpc) is 2.51. The summed E-state index contributed by atoms with van der Waals surface area (Å²) >= 11 is 0. The van der Waals surface area contributed by atoms with E-state index < -0.39 is 12.0 Å². The molecule has 6 N–H and O–H groups in total. The SMILES string of the molecule is CC(=C/N)/C(CNC(CCN)C(C)(F)F)=N/Nc1cc(C)cc(C)c1. The first-order chi connectivity index (χ1) is 11.7. The molecule has 0 saturated carbocycles. The van der Waals surface area contributed by atoms with Gasteiger partial charge in [-0.3, -0.25) is 5.43 Å². The minimum atomic E-state index is -2.87. The Balaban J connectivity index is 2.90. The van der Waals surface area contributed by atoms with Crippen molar-refractivity contribution < 1.29 is 8.78 Å². The van der Waals surface area contributed by atoms with Gasteiger partial charge in [0, 0.05) is 13.5 Å². The van der Waals surface area contributed by atoms with E-state index in [0.717, 1.165) is 23.7 Å². The summed E-state index contributed by atoms with van der Waals surface area (Å²) in [6, 6.07) is 4.96. The molecule has 5 nitrogen and oxygen atoms in total. The minimum Gasteiger partial charge on any atom is -0.404 e. The van der Waals surface area contributed by atoms with Crippen LogP contribution in [-0.4, -0.2) is 30.8 Å². The molecular weight excluding hydrogens is 324 g/mol. The van der Waals surface area contributed by atoms with E-state index >= 15 is 0 Å². The van der Waals surface area contributed by atoms with Gasteiger partial charge in [-0.1, -0.05) is 6.07 Å². The van der Waals surface area contributed by atoms with Crippen LogP contribution in [0.4, 0.5) is 14.5 Å². The molecule has 0 aromatic heterocycles. The molecule has 25 heavy (non-hydrogen) atoms. The van der Waals surface area contributed by atoms with E-state index in [1.165, 1.54) is 6.20 Å². The highest BCUT2D eigenvalue weighted by atomic mass is 19.3. The summed E-state index contributed by atoms with van der Waals surface area (Å²) in [7, 11) is 0. The zero-order valence-corrected chi connectivity index (χ0v) is 15.4. The summed E-state index contributed by atoms with van der Waals surface area (Å²) in [5, 5.41) is 7.18. The first-order valence-electron chi connectivity index (χ1n) is 8.28. The van der Waals surface area contributed by atoms with Crippen LogP contribution in [-0.2, 0) is 0 Å². The lowest BCUT2D eigenvalue weighted by atomic mass is 10.1. The zero-order valence-electron chi connectivity index (χ0n) is 15.4. The molecule has 0 bridgehead atoms. The van der Waals surface area contributed by atoms with E-state index in [1.807, 2.05) is 26.0 Å². The lowest BCUT2D eigenvalue weighted by Crippen LogP contribution is -2.46. The number of hydrogen-bond acceptors (Lipinski definition) is 5. The van der Waals surface area contributed by atoms with Gasteiger partial charge >= 0.3 is 0 Å². The lowest BCUT2D eigenvalue weighted by Gasteiger charge is -2.24. The van der Waals surface area contributed by atoms with Gasteiger partial charge in [-0.2, -0.15) is 5.10 Å². The molecule has 0 radical (unpaired) electrons. The smallest absolute Gasteiger partial charge is 0.260 e. The van der Waals surface area contributed by atoms with Crippen LogP contribution >= 0.6 is 0 Å². The second-order valence-electron chi connectivity index (χ2n) is 6.36. The molecule has 0 aliphatic heterocycles. The molecule has 0 heterocycles. The van der Waals surface area contributed by atoms with E-state index in [-0.39, 0.29) is 19.5 Å². The van der Waals surface area contributed by atoms with Crippen LogP contribution < -0.4 is 22.2 Å². The van der Waals surface area contributed by atoms with Crippen LogP contribution in [0.3, 0.4) is 0 Å². The van der Waals surface area contributed by atoms with Gasteiger partial charge in [0.05, 0.1) is 17.4 Å². The Hall–Kier alpha value is -1.99. The Labute approximate surface area is 148 Å². The molecule has 1 rings (SSSR count). The second kappa shape index (κ2) is 9.48. The molecule has 1 atom stereocenters. The highest BCUT2D eigenvalue weighted by Gasteiger charge is 2.33. The number of alkyl halides is 2. The number of nitrogens with two attached hydrogens (primary N) is 2. The highest BCUT2D eigenvalue weighted by molar-refractivity contribution is 6.01. The number of nitrogens with zero attached hydrogens (tertiary/aromatic N) is 1. The zero-order chi connectivity index (χ0) is 19.0. The minimum absolute atomic E-state index is 0.158. The van der Waals surface area contributed by atoms with Crippen LogP contribution in [0.15, 0.2) is 35.1 Å². The Bertz CT molecular complexity index is 600. The van der Waals surface area contributed by atoms with Gasteiger partial charge in [0.15, 0.2) is 0 Å². The average molecular weight is 353 g/mol. The maximum absolute atomic E-state index is 13.6. The third-order valence-electron chi connectivity index (χ3n) is 3.83. The van der Waals surface area contributed by atoms with Gasteiger partial charge in [-0.15, -0.1) is 0 Å².